The highest BCUT2D eigenvalue weighted by Crippen LogP contribution is 2.23. The lowest BCUT2D eigenvalue weighted by Gasteiger charge is -2.27. The van der Waals surface area contributed by atoms with Crippen LogP contribution in [0.3, 0.4) is 0 Å². The molecule has 0 N–H and O–H groups in total. The Morgan fingerprint density at radius 2 is 2.08 bits per heavy atom. The summed E-state index contributed by atoms with van der Waals surface area (Å²) in [6, 6.07) is 13.9. The molecule has 7 heteroatoms. The van der Waals surface area contributed by atoms with Gasteiger partial charge in [-0.05, 0) is 37.6 Å². The second-order valence-electron chi connectivity index (χ2n) is 6.25. The summed E-state index contributed by atoms with van der Waals surface area (Å²) in [7, 11) is -3.06. The average Bonchev–Trinajstić information content (AvgIpc) is 3.02. The third-order valence-corrected chi connectivity index (χ3v) is 6.27. The number of carbonyl (C=O) groups excluding carboxylic acids is 1. The predicted octanol–water partition coefficient (Wildman–Crippen LogP) is 2.27. The summed E-state index contributed by atoms with van der Waals surface area (Å²) < 4.78 is 23.5. The van der Waals surface area contributed by atoms with Crippen LogP contribution in [0, 0.1) is 11.3 Å². The third kappa shape index (κ3) is 3.75. The van der Waals surface area contributed by atoms with Crippen LogP contribution in [0.25, 0.3) is 11.3 Å². The van der Waals surface area contributed by atoms with Crippen LogP contribution in [0.2, 0.25) is 0 Å². The summed E-state index contributed by atoms with van der Waals surface area (Å²) in [5, 5.41) is 9.00. The second kappa shape index (κ2) is 7.26. The number of nitrogens with zero attached hydrogens (tertiary/aromatic N) is 3. The number of benzene rings is 1. The fourth-order valence-electron chi connectivity index (χ4n) is 3.22. The minimum Gasteiger partial charge on any atom is -0.335 e. The van der Waals surface area contributed by atoms with E-state index in [2.05, 4.69) is 4.98 Å². The molecule has 0 bridgehead atoms. The molecule has 1 unspecified atom stereocenters. The quantitative estimate of drug-likeness (QED) is 0.824. The molecule has 1 aromatic carbocycles. The zero-order chi connectivity index (χ0) is 18.7. The van der Waals surface area contributed by atoms with Gasteiger partial charge >= 0.3 is 0 Å². The number of hydrogen-bond donors (Lipinski definition) is 0. The van der Waals surface area contributed by atoms with Gasteiger partial charge in [-0.1, -0.05) is 18.2 Å². The van der Waals surface area contributed by atoms with Crippen LogP contribution in [-0.4, -0.2) is 48.3 Å². The summed E-state index contributed by atoms with van der Waals surface area (Å²) in [6.07, 6.45) is 0.480. The monoisotopic (exact) mass is 369 g/mol. The Morgan fingerprint density at radius 3 is 2.73 bits per heavy atom. The Hall–Kier alpha value is -2.72. The Balaban J connectivity index is 1.89. The van der Waals surface area contributed by atoms with Gasteiger partial charge in [0.1, 0.15) is 11.8 Å². The topological polar surface area (TPSA) is 91.1 Å². The molecule has 1 saturated heterocycles. The first-order valence-corrected chi connectivity index (χ1v) is 10.2. The zero-order valence-corrected chi connectivity index (χ0v) is 15.2. The molecule has 0 radical (unpaired) electrons. The van der Waals surface area contributed by atoms with Crippen LogP contribution in [0.15, 0.2) is 42.5 Å². The van der Waals surface area contributed by atoms with Gasteiger partial charge in [0.25, 0.3) is 5.91 Å². The van der Waals surface area contributed by atoms with E-state index in [1.54, 1.807) is 41.3 Å². The highest BCUT2D eigenvalue weighted by molar-refractivity contribution is 7.91. The van der Waals surface area contributed by atoms with Crippen LogP contribution < -0.4 is 0 Å². The van der Waals surface area contributed by atoms with E-state index in [-0.39, 0.29) is 23.5 Å². The standard InChI is InChI=1S/C19H19N3O3S/c1-2-22(17-9-10-26(24,25)13-17)19(23)15-6-3-5-14(11-15)18-8-4-7-16(12-20)21-18/h3-8,11,17H,2,9-10,13H2,1H3. The number of pyridine rings is 1. The Kier molecular flexibility index (Phi) is 5.05. The largest absolute Gasteiger partial charge is 0.335 e. The van der Waals surface area contributed by atoms with Gasteiger partial charge in [0.2, 0.25) is 0 Å². The van der Waals surface area contributed by atoms with Crippen LogP contribution >= 0.6 is 0 Å². The molecular weight excluding hydrogens is 350 g/mol. The summed E-state index contributed by atoms with van der Waals surface area (Å²) in [6.45, 7) is 2.30. The van der Waals surface area contributed by atoms with Crippen molar-refractivity contribution >= 4 is 15.7 Å². The molecule has 1 aliphatic rings. The molecule has 134 valence electrons. The molecule has 2 heterocycles. The van der Waals surface area contributed by atoms with Crippen LogP contribution in [0.4, 0.5) is 0 Å². The van der Waals surface area contributed by atoms with Crippen molar-refractivity contribution in [2.45, 2.75) is 19.4 Å². The molecular formula is C19H19N3O3S. The van der Waals surface area contributed by atoms with Gasteiger partial charge in [-0.15, -0.1) is 0 Å². The van der Waals surface area contributed by atoms with E-state index >= 15 is 0 Å². The molecule has 26 heavy (non-hydrogen) atoms. The maximum absolute atomic E-state index is 12.9. The molecule has 2 aromatic rings. The molecule has 1 aliphatic heterocycles. The number of hydrogen-bond acceptors (Lipinski definition) is 5. The smallest absolute Gasteiger partial charge is 0.254 e. The maximum atomic E-state index is 12.9. The van der Waals surface area contributed by atoms with Gasteiger partial charge in [0.05, 0.1) is 17.2 Å². The Bertz CT molecular complexity index is 980. The fourth-order valence-corrected chi connectivity index (χ4v) is 4.95. The molecule has 0 saturated carbocycles. The van der Waals surface area contributed by atoms with Crippen molar-refractivity contribution in [3.05, 3.63) is 53.7 Å². The summed E-state index contributed by atoms with van der Waals surface area (Å²) in [5.41, 5.74) is 2.15. The first kappa shape index (κ1) is 18.1. The van der Waals surface area contributed by atoms with Gasteiger partial charge in [-0.2, -0.15) is 5.26 Å². The van der Waals surface area contributed by atoms with Crippen molar-refractivity contribution in [2.24, 2.45) is 0 Å². The van der Waals surface area contributed by atoms with Gasteiger partial charge in [-0.3, -0.25) is 4.79 Å². The van der Waals surface area contributed by atoms with E-state index in [0.717, 1.165) is 5.56 Å². The Morgan fingerprint density at radius 1 is 1.31 bits per heavy atom. The van der Waals surface area contributed by atoms with E-state index in [1.807, 2.05) is 19.1 Å². The number of sulfone groups is 1. The lowest BCUT2D eigenvalue weighted by atomic mass is 10.1. The highest BCUT2D eigenvalue weighted by Gasteiger charge is 2.34. The number of carbonyl (C=O) groups is 1. The predicted molar refractivity (Wildman–Crippen MR) is 98.2 cm³/mol. The van der Waals surface area contributed by atoms with Crippen molar-refractivity contribution in [1.82, 2.24) is 9.88 Å². The minimum absolute atomic E-state index is 0.0258. The zero-order valence-electron chi connectivity index (χ0n) is 14.4. The first-order valence-electron chi connectivity index (χ1n) is 8.42. The van der Waals surface area contributed by atoms with Crippen molar-refractivity contribution < 1.29 is 13.2 Å². The van der Waals surface area contributed by atoms with E-state index in [1.165, 1.54) is 0 Å². The van der Waals surface area contributed by atoms with Crippen molar-refractivity contribution in [1.29, 1.82) is 5.26 Å². The number of amides is 1. The lowest BCUT2D eigenvalue weighted by molar-refractivity contribution is 0.0708. The maximum Gasteiger partial charge on any atom is 0.254 e. The van der Waals surface area contributed by atoms with Crippen LogP contribution in [0.1, 0.15) is 29.4 Å². The summed E-state index contributed by atoms with van der Waals surface area (Å²) in [4.78, 5) is 18.8. The van der Waals surface area contributed by atoms with Crippen molar-refractivity contribution in [2.75, 3.05) is 18.1 Å². The minimum atomic E-state index is -3.06. The van der Waals surface area contributed by atoms with E-state index in [4.69, 9.17) is 5.26 Å². The fraction of sp³-hybridized carbons (Fsp3) is 0.316. The van der Waals surface area contributed by atoms with Gasteiger partial charge < -0.3 is 4.90 Å². The van der Waals surface area contributed by atoms with Gasteiger partial charge in [0.15, 0.2) is 9.84 Å². The summed E-state index contributed by atoms with van der Waals surface area (Å²) in [5.74, 6) is -0.0300. The van der Waals surface area contributed by atoms with Crippen LogP contribution in [0.5, 0.6) is 0 Å². The molecule has 1 aromatic heterocycles. The van der Waals surface area contributed by atoms with Crippen molar-refractivity contribution in [3.8, 4) is 17.3 Å². The molecule has 0 aliphatic carbocycles. The number of rotatable bonds is 4. The molecule has 1 atom stereocenters. The van der Waals surface area contributed by atoms with Crippen molar-refractivity contribution in [3.63, 3.8) is 0 Å². The van der Waals surface area contributed by atoms with E-state index < -0.39 is 9.84 Å². The first-order chi connectivity index (χ1) is 12.4. The summed E-state index contributed by atoms with van der Waals surface area (Å²) >= 11 is 0. The molecule has 0 spiro atoms. The number of aromatic nitrogens is 1. The second-order valence-corrected chi connectivity index (χ2v) is 8.48. The van der Waals surface area contributed by atoms with Crippen LogP contribution in [-0.2, 0) is 9.84 Å². The molecule has 6 nitrogen and oxygen atoms in total. The lowest BCUT2D eigenvalue weighted by Crippen LogP contribution is -2.40. The molecule has 1 amide bonds. The highest BCUT2D eigenvalue weighted by atomic mass is 32.2. The normalized spacial score (nSPS) is 18.2. The van der Waals surface area contributed by atoms with E-state index in [0.29, 0.717) is 29.9 Å². The number of nitriles is 1. The SMILES string of the molecule is CCN(C(=O)c1cccc(-c2cccc(C#N)n2)c1)C1CCS(=O)(=O)C1. The molecule has 3 rings (SSSR count). The van der Waals surface area contributed by atoms with Gasteiger partial charge in [0, 0.05) is 23.7 Å². The average molecular weight is 369 g/mol. The Labute approximate surface area is 153 Å². The van der Waals surface area contributed by atoms with Gasteiger partial charge in [-0.25, -0.2) is 13.4 Å². The molecule has 1 fully saturated rings. The third-order valence-electron chi connectivity index (χ3n) is 4.52. The van der Waals surface area contributed by atoms with E-state index in [9.17, 15) is 13.2 Å².